The fraction of sp³-hybridized carbons (Fsp3) is 0.415. The third-order valence-electron chi connectivity index (χ3n) is 10.2. The SMILES string of the molecule is Cc1ccc2c(c1)c1ccc(Oc3[c-]c(C4=N[C@]5(C)CCCC[C@]5(C)O4)cc(C(C)(C)C)c3)[c-]c1n2-c1cc(C(C)(C)C)ccn1.[Pt+2]. The molecule has 246 valence electrons. The average Bonchev–Trinajstić information content (AvgIpc) is 3.46. The van der Waals surface area contributed by atoms with Crippen LogP contribution < -0.4 is 4.74 Å². The van der Waals surface area contributed by atoms with Crippen LogP contribution in [0.15, 0.2) is 65.8 Å². The van der Waals surface area contributed by atoms with Crippen LogP contribution in [0.1, 0.15) is 103 Å². The van der Waals surface area contributed by atoms with E-state index >= 15 is 0 Å². The molecule has 1 fully saturated rings. The number of aromatic nitrogens is 2. The maximum atomic E-state index is 6.66. The Hall–Kier alpha value is -3.43. The van der Waals surface area contributed by atoms with E-state index < -0.39 is 0 Å². The zero-order valence-electron chi connectivity index (χ0n) is 29.1. The standard InChI is InChI=1S/C41H45N3O2.Pt/c1-26-12-15-34-33(20-26)32-14-13-30(25-35(32)44(34)36-24-28(16-19-42-36)38(2,3)4)45-31-22-27(21-29(23-31)39(5,6)7)37-43-40(8)17-10-11-18-41(40,9)46-37;/h12-16,19-21,23-24H,10-11,17-18H2,1-9H3;/q-2;+2/t40-,41+;/m1./s1. The molecule has 7 rings (SSSR count). The van der Waals surface area contributed by atoms with Crippen molar-refractivity contribution in [2.45, 2.75) is 110 Å². The van der Waals surface area contributed by atoms with Gasteiger partial charge in [0.1, 0.15) is 17.3 Å². The fourth-order valence-electron chi connectivity index (χ4n) is 6.98. The quantitative estimate of drug-likeness (QED) is 0.170. The van der Waals surface area contributed by atoms with Crippen molar-refractivity contribution in [2.75, 3.05) is 0 Å². The molecule has 0 amide bonds. The van der Waals surface area contributed by atoms with E-state index in [1.54, 1.807) is 0 Å². The van der Waals surface area contributed by atoms with Crippen LogP contribution >= 0.6 is 0 Å². The Bertz CT molecular complexity index is 2030. The molecule has 1 aliphatic heterocycles. The fourth-order valence-corrected chi connectivity index (χ4v) is 6.98. The minimum Gasteiger partial charge on any atom is -0.512 e. The first-order valence-electron chi connectivity index (χ1n) is 16.6. The van der Waals surface area contributed by atoms with Crippen molar-refractivity contribution in [1.82, 2.24) is 9.55 Å². The normalized spacial score (nSPS) is 21.3. The Morgan fingerprint density at radius 1 is 0.809 bits per heavy atom. The van der Waals surface area contributed by atoms with E-state index in [0.717, 1.165) is 46.2 Å². The summed E-state index contributed by atoms with van der Waals surface area (Å²) in [5.74, 6) is 2.78. The van der Waals surface area contributed by atoms with E-state index in [9.17, 15) is 0 Å². The molecule has 0 unspecified atom stereocenters. The molecule has 0 saturated heterocycles. The van der Waals surface area contributed by atoms with Crippen LogP contribution in [0.5, 0.6) is 11.5 Å². The molecule has 5 aromatic rings. The van der Waals surface area contributed by atoms with Gasteiger partial charge in [-0.15, -0.1) is 29.1 Å². The van der Waals surface area contributed by atoms with Gasteiger partial charge in [-0.3, -0.25) is 4.99 Å². The van der Waals surface area contributed by atoms with Crippen LogP contribution in [-0.2, 0) is 36.6 Å². The molecule has 0 bridgehead atoms. The van der Waals surface area contributed by atoms with Crippen molar-refractivity contribution >= 4 is 27.7 Å². The summed E-state index contributed by atoms with van der Waals surface area (Å²) in [4.78, 5) is 10.0. The number of nitrogens with zero attached hydrogens (tertiary/aromatic N) is 3. The third kappa shape index (κ3) is 5.94. The monoisotopic (exact) mass is 806 g/mol. The first kappa shape index (κ1) is 33.5. The summed E-state index contributed by atoms with van der Waals surface area (Å²) in [5.41, 5.74) is 5.81. The maximum Gasteiger partial charge on any atom is 2.00 e. The molecule has 0 radical (unpaired) electrons. The van der Waals surface area contributed by atoms with E-state index in [1.807, 2.05) is 12.3 Å². The van der Waals surface area contributed by atoms with Gasteiger partial charge in [-0.1, -0.05) is 88.9 Å². The second-order valence-electron chi connectivity index (χ2n) is 15.8. The molecule has 5 nitrogen and oxygen atoms in total. The third-order valence-corrected chi connectivity index (χ3v) is 10.2. The van der Waals surface area contributed by atoms with Gasteiger partial charge in [-0.25, -0.2) is 4.98 Å². The van der Waals surface area contributed by atoms with Crippen molar-refractivity contribution in [3.63, 3.8) is 0 Å². The Morgan fingerprint density at radius 3 is 2.28 bits per heavy atom. The largest absolute Gasteiger partial charge is 2.00 e. The topological polar surface area (TPSA) is 48.6 Å². The summed E-state index contributed by atoms with van der Waals surface area (Å²) in [6, 6.07) is 26.4. The number of hydrogen-bond acceptors (Lipinski definition) is 4. The zero-order valence-corrected chi connectivity index (χ0v) is 31.3. The molecule has 2 aliphatic rings. The Kier molecular flexibility index (Phi) is 8.27. The first-order valence-corrected chi connectivity index (χ1v) is 16.6. The number of hydrogen-bond donors (Lipinski definition) is 0. The van der Waals surface area contributed by atoms with E-state index in [0.29, 0.717) is 17.4 Å². The molecule has 1 aliphatic carbocycles. The zero-order chi connectivity index (χ0) is 32.6. The van der Waals surface area contributed by atoms with Gasteiger partial charge >= 0.3 is 21.1 Å². The van der Waals surface area contributed by atoms with Crippen LogP contribution in [-0.4, -0.2) is 26.6 Å². The van der Waals surface area contributed by atoms with Crippen molar-refractivity contribution in [2.24, 2.45) is 4.99 Å². The summed E-state index contributed by atoms with van der Waals surface area (Å²) in [6.07, 6.45) is 6.29. The second-order valence-corrected chi connectivity index (χ2v) is 15.8. The van der Waals surface area contributed by atoms with Crippen molar-refractivity contribution in [3.05, 3.63) is 95.2 Å². The van der Waals surface area contributed by atoms with E-state index in [-0.39, 0.29) is 43.0 Å². The Balaban J connectivity index is 0.00000386. The van der Waals surface area contributed by atoms with Gasteiger partial charge in [0, 0.05) is 23.2 Å². The van der Waals surface area contributed by atoms with Gasteiger partial charge < -0.3 is 14.0 Å². The average molecular weight is 807 g/mol. The molecule has 2 aromatic heterocycles. The summed E-state index contributed by atoms with van der Waals surface area (Å²) in [6.45, 7) is 19.9. The summed E-state index contributed by atoms with van der Waals surface area (Å²) < 4.78 is 15.5. The first-order chi connectivity index (χ1) is 21.6. The van der Waals surface area contributed by atoms with Crippen LogP contribution in [0.2, 0.25) is 0 Å². The predicted molar refractivity (Wildman–Crippen MR) is 188 cm³/mol. The summed E-state index contributed by atoms with van der Waals surface area (Å²) >= 11 is 0. The van der Waals surface area contributed by atoms with Gasteiger partial charge in [0.05, 0.1) is 5.54 Å². The molecule has 3 aromatic carbocycles. The Labute approximate surface area is 294 Å². The molecule has 1 saturated carbocycles. The summed E-state index contributed by atoms with van der Waals surface area (Å²) in [7, 11) is 0. The minimum absolute atomic E-state index is 0. The molecule has 3 heterocycles. The van der Waals surface area contributed by atoms with Gasteiger partial charge in [-0.05, 0) is 80.0 Å². The Morgan fingerprint density at radius 2 is 1.55 bits per heavy atom. The number of aliphatic imine (C=N–C) groups is 1. The van der Waals surface area contributed by atoms with Crippen molar-refractivity contribution in [3.8, 4) is 17.3 Å². The van der Waals surface area contributed by atoms with Gasteiger partial charge in [-0.2, -0.15) is 6.07 Å². The molecule has 0 spiro atoms. The molecular formula is C41H45N3O2Pt. The van der Waals surface area contributed by atoms with Gasteiger partial charge in [0.15, 0.2) is 0 Å². The number of ether oxygens (including phenoxy) is 2. The molecular weight excluding hydrogens is 762 g/mol. The van der Waals surface area contributed by atoms with Crippen LogP contribution in [0.4, 0.5) is 0 Å². The van der Waals surface area contributed by atoms with Crippen LogP contribution in [0.3, 0.4) is 0 Å². The van der Waals surface area contributed by atoms with E-state index in [1.165, 1.54) is 29.4 Å². The number of fused-ring (bicyclic) bond motifs is 4. The maximum absolute atomic E-state index is 6.66. The van der Waals surface area contributed by atoms with Gasteiger partial charge in [0.25, 0.3) is 0 Å². The number of benzene rings is 3. The van der Waals surface area contributed by atoms with Crippen LogP contribution in [0, 0.1) is 19.1 Å². The molecule has 2 atom stereocenters. The number of rotatable bonds is 4. The number of aryl methyl sites for hydroxylation is 1. The molecule has 6 heteroatoms. The van der Waals surface area contributed by atoms with Crippen LogP contribution in [0.25, 0.3) is 27.6 Å². The van der Waals surface area contributed by atoms with Gasteiger partial charge in [0.2, 0.25) is 0 Å². The minimum atomic E-state index is -0.296. The smallest absolute Gasteiger partial charge is 0.512 e. The molecule has 0 N–H and O–H groups in total. The predicted octanol–water partition coefficient (Wildman–Crippen LogP) is 10.3. The second kappa shape index (κ2) is 11.6. The van der Waals surface area contributed by atoms with E-state index in [2.05, 4.69) is 128 Å². The summed E-state index contributed by atoms with van der Waals surface area (Å²) in [5, 5.41) is 2.28. The molecule has 47 heavy (non-hydrogen) atoms. The van der Waals surface area contributed by atoms with Crippen molar-refractivity contribution < 1.29 is 30.5 Å². The number of pyridine rings is 1. The van der Waals surface area contributed by atoms with E-state index in [4.69, 9.17) is 19.5 Å². The van der Waals surface area contributed by atoms with Crippen molar-refractivity contribution in [1.29, 1.82) is 0 Å².